The number of aromatic amines is 1. The first-order chi connectivity index (χ1) is 10.1. The lowest BCUT2D eigenvalue weighted by molar-refractivity contribution is -0.138. The second kappa shape index (κ2) is 4.41. The molecule has 3 aromatic rings. The molecule has 1 heterocycles. The molecular formula is C15H9F6N. The zero-order valence-electron chi connectivity index (χ0n) is 11.2. The summed E-state index contributed by atoms with van der Waals surface area (Å²) >= 11 is 0. The number of rotatable bonds is 0. The largest absolute Gasteiger partial charge is 0.416 e. The predicted octanol–water partition coefficient (Wildman–Crippen LogP) is 5.67. The van der Waals surface area contributed by atoms with Gasteiger partial charge in [0.1, 0.15) is 0 Å². The molecule has 0 bridgehead atoms. The third-order valence-corrected chi connectivity index (χ3v) is 3.66. The van der Waals surface area contributed by atoms with Crippen LogP contribution in [0.5, 0.6) is 0 Å². The monoisotopic (exact) mass is 317 g/mol. The molecule has 0 unspecified atom stereocenters. The highest BCUT2D eigenvalue weighted by Gasteiger charge is 2.34. The fourth-order valence-corrected chi connectivity index (χ4v) is 2.65. The van der Waals surface area contributed by atoms with Gasteiger partial charge in [0.15, 0.2) is 0 Å². The third kappa shape index (κ3) is 2.20. The number of hydrogen-bond donors (Lipinski definition) is 1. The normalized spacial score (nSPS) is 13.2. The Morgan fingerprint density at radius 2 is 1.45 bits per heavy atom. The lowest BCUT2D eigenvalue weighted by Crippen LogP contribution is -2.07. The maximum Gasteiger partial charge on any atom is 0.416 e. The topological polar surface area (TPSA) is 15.8 Å². The van der Waals surface area contributed by atoms with Gasteiger partial charge in [0.2, 0.25) is 0 Å². The van der Waals surface area contributed by atoms with Gasteiger partial charge in [-0.15, -0.1) is 0 Å². The molecule has 0 atom stereocenters. The van der Waals surface area contributed by atoms with Crippen molar-refractivity contribution in [1.29, 1.82) is 0 Å². The van der Waals surface area contributed by atoms with E-state index in [2.05, 4.69) is 4.98 Å². The van der Waals surface area contributed by atoms with E-state index in [1.54, 1.807) is 0 Å². The summed E-state index contributed by atoms with van der Waals surface area (Å²) in [6.07, 6.45) is -9.10. The number of hydrogen-bond acceptors (Lipinski definition) is 0. The van der Waals surface area contributed by atoms with Crippen LogP contribution in [-0.4, -0.2) is 4.98 Å². The molecule has 7 heteroatoms. The molecule has 0 saturated heterocycles. The van der Waals surface area contributed by atoms with Crippen molar-refractivity contribution in [3.63, 3.8) is 0 Å². The Morgan fingerprint density at radius 1 is 0.818 bits per heavy atom. The van der Waals surface area contributed by atoms with Crippen LogP contribution >= 0.6 is 0 Å². The highest BCUT2D eigenvalue weighted by molar-refractivity contribution is 6.09. The van der Waals surface area contributed by atoms with Crippen LogP contribution in [-0.2, 0) is 12.4 Å². The molecule has 2 aromatic carbocycles. The van der Waals surface area contributed by atoms with Gasteiger partial charge in [0.05, 0.1) is 11.1 Å². The minimum absolute atomic E-state index is 0.0874. The van der Waals surface area contributed by atoms with Crippen LogP contribution in [0.4, 0.5) is 26.3 Å². The number of H-pyrrole nitrogens is 1. The van der Waals surface area contributed by atoms with Gasteiger partial charge in [-0.2, -0.15) is 26.3 Å². The predicted molar refractivity (Wildman–Crippen MR) is 70.5 cm³/mol. The summed E-state index contributed by atoms with van der Waals surface area (Å²) in [5, 5.41) is 0.296. The van der Waals surface area contributed by atoms with E-state index in [1.165, 1.54) is 19.1 Å². The van der Waals surface area contributed by atoms with E-state index < -0.39 is 23.5 Å². The summed E-state index contributed by atoms with van der Waals surface area (Å²) in [6.45, 7) is 1.26. The van der Waals surface area contributed by atoms with E-state index in [9.17, 15) is 26.3 Å². The van der Waals surface area contributed by atoms with Gasteiger partial charge in [-0.05, 0) is 42.8 Å². The Balaban J connectivity index is 2.40. The Bertz CT molecular complexity index is 869. The van der Waals surface area contributed by atoms with Gasteiger partial charge in [0.25, 0.3) is 0 Å². The first kappa shape index (κ1) is 14.7. The number of fused-ring (bicyclic) bond motifs is 3. The van der Waals surface area contributed by atoms with Gasteiger partial charge in [-0.3, -0.25) is 0 Å². The quantitative estimate of drug-likeness (QED) is 0.514. The van der Waals surface area contributed by atoms with Crippen LogP contribution < -0.4 is 0 Å². The summed E-state index contributed by atoms with van der Waals surface area (Å²) in [5.41, 5.74) is -1.09. The average Bonchev–Trinajstić information content (AvgIpc) is 2.74. The first-order valence-electron chi connectivity index (χ1n) is 6.28. The molecule has 0 aliphatic heterocycles. The molecule has 0 amide bonds. The van der Waals surface area contributed by atoms with Crippen molar-refractivity contribution in [3.05, 3.63) is 47.0 Å². The van der Waals surface area contributed by atoms with E-state index in [0.717, 1.165) is 18.2 Å². The van der Waals surface area contributed by atoms with E-state index >= 15 is 0 Å². The standard InChI is InChI=1S/C15H9F6N/c1-7-10(15(19,20)21)3-5-12-13(7)9-6-8(14(16,17)18)2-4-11(9)22-12/h2-6,22H,1H3. The minimum Gasteiger partial charge on any atom is -0.355 e. The number of nitrogens with one attached hydrogen (secondary N) is 1. The molecule has 0 saturated carbocycles. The number of alkyl halides is 6. The van der Waals surface area contributed by atoms with Crippen molar-refractivity contribution in [2.75, 3.05) is 0 Å². The number of benzene rings is 2. The third-order valence-electron chi connectivity index (χ3n) is 3.66. The average molecular weight is 317 g/mol. The summed E-state index contributed by atoms with van der Waals surface area (Å²) in [6, 6.07) is 5.17. The Labute approximate surface area is 120 Å². The molecule has 0 aliphatic rings. The maximum atomic E-state index is 13.0. The van der Waals surface area contributed by atoms with Gasteiger partial charge < -0.3 is 4.98 Å². The molecule has 0 radical (unpaired) electrons. The Morgan fingerprint density at radius 3 is 2.05 bits per heavy atom. The first-order valence-corrected chi connectivity index (χ1v) is 6.28. The zero-order chi connectivity index (χ0) is 16.3. The van der Waals surface area contributed by atoms with Gasteiger partial charge in [-0.1, -0.05) is 0 Å². The van der Waals surface area contributed by atoms with Crippen LogP contribution in [0, 0.1) is 6.92 Å². The van der Waals surface area contributed by atoms with Crippen molar-refractivity contribution in [3.8, 4) is 0 Å². The van der Waals surface area contributed by atoms with Crippen molar-refractivity contribution in [1.82, 2.24) is 4.98 Å². The molecule has 22 heavy (non-hydrogen) atoms. The molecule has 0 aliphatic carbocycles. The van der Waals surface area contributed by atoms with E-state index in [4.69, 9.17) is 0 Å². The van der Waals surface area contributed by atoms with Gasteiger partial charge >= 0.3 is 12.4 Å². The maximum absolute atomic E-state index is 13.0. The van der Waals surface area contributed by atoms with Crippen LogP contribution in [0.15, 0.2) is 30.3 Å². The number of aryl methyl sites for hydroxylation is 1. The fraction of sp³-hybridized carbons (Fsp3) is 0.200. The van der Waals surface area contributed by atoms with Crippen molar-refractivity contribution < 1.29 is 26.3 Å². The van der Waals surface area contributed by atoms with Crippen molar-refractivity contribution >= 4 is 21.8 Å². The Kier molecular flexibility index (Phi) is 2.95. The van der Waals surface area contributed by atoms with Crippen molar-refractivity contribution in [2.24, 2.45) is 0 Å². The van der Waals surface area contributed by atoms with Gasteiger partial charge in [-0.25, -0.2) is 0 Å². The van der Waals surface area contributed by atoms with Crippen molar-refractivity contribution in [2.45, 2.75) is 19.3 Å². The molecule has 1 N–H and O–H groups in total. The minimum atomic E-state index is -4.55. The summed E-state index contributed by atoms with van der Waals surface area (Å²) in [4.78, 5) is 2.84. The number of aromatic nitrogens is 1. The SMILES string of the molecule is Cc1c(C(F)(F)F)ccc2[nH]c3ccc(C(F)(F)F)cc3c12. The highest BCUT2D eigenvalue weighted by atomic mass is 19.4. The van der Waals surface area contributed by atoms with E-state index in [0.29, 0.717) is 11.0 Å². The second-order valence-electron chi connectivity index (χ2n) is 5.04. The smallest absolute Gasteiger partial charge is 0.355 e. The lowest BCUT2D eigenvalue weighted by atomic mass is 10.0. The summed E-state index contributed by atoms with van der Waals surface area (Å²) < 4.78 is 77.3. The van der Waals surface area contributed by atoms with E-state index in [1.807, 2.05) is 0 Å². The fourth-order valence-electron chi connectivity index (χ4n) is 2.65. The van der Waals surface area contributed by atoms with Crippen LogP contribution in [0.3, 0.4) is 0 Å². The molecule has 0 fully saturated rings. The van der Waals surface area contributed by atoms with E-state index in [-0.39, 0.29) is 16.3 Å². The zero-order valence-corrected chi connectivity index (χ0v) is 11.2. The van der Waals surface area contributed by atoms with Crippen LogP contribution in [0.2, 0.25) is 0 Å². The van der Waals surface area contributed by atoms with Crippen LogP contribution in [0.1, 0.15) is 16.7 Å². The molecule has 1 nitrogen and oxygen atoms in total. The molecule has 116 valence electrons. The Hall–Kier alpha value is -2.18. The summed E-state index contributed by atoms with van der Waals surface area (Å²) in [7, 11) is 0. The summed E-state index contributed by atoms with van der Waals surface area (Å²) in [5.74, 6) is 0. The molecule has 0 spiro atoms. The highest BCUT2D eigenvalue weighted by Crippen LogP contribution is 2.39. The number of halogens is 6. The lowest BCUT2D eigenvalue weighted by Gasteiger charge is -2.11. The second-order valence-corrected chi connectivity index (χ2v) is 5.04. The molecule has 3 rings (SSSR count). The molecular weight excluding hydrogens is 308 g/mol. The van der Waals surface area contributed by atoms with Gasteiger partial charge in [0, 0.05) is 21.8 Å². The van der Waals surface area contributed by atoms with Crippen LogP contribution in [0.25, 0.3) is 21.8 Å². The molecule has 1 aromatic heterocycles.